The van der Waals surface area contributed by atoms with Gasteiger partial charge in [-0.05, 0) is 31.2 Å². The van der Waals surface area contributed by atoms with E-state index in [0.717, 1.165) is 0 Å². The van der Waals surface area contributed by atoms with Crippen molar-refractivity contribution in [2.45, 2.75) is 6.92 Å². The number of nitro benzene ring substituents is 1. The number of hydrogen-bond acceptors (Lipinski definition) is 5. The van der Waals surface area contributed by atoms with E-state index >= 15 is 0 Å². The van der Waals surface area contributed by atoms with E-state index in [1.54, 1.807) is 43.3 Å². The Kier molecular flexibility index (Phi) is 3.30. The topological polar surface area (TPSA) is 97.7 Å². The van der Waals surface area contributed by atoms with Crippen LogP contribution in [-0.2, 0) is 4.79 Å². The van der Waals surface area contributed by atoms with Gasteiger partial charge in [-0.2, -0.15) is 5.10 Å². The van der Waals surface area contributed by atoms with Crippen molar-refractivity contribution in [3.8, 4) is 11.3 Å². The van der Waals surface area contributed by atoms with Crippen LogP contribution in [-0.4, -0.2) is 16.5 Å². The predicted octanol–water partition coefficient (Wildman–Crippen LogP) is 2.74. The minimum absolute atomic E-state index is 0.0348. The number of rotatable bonds is 3. The van der Waals surface area contributed by atoms with Crippen molar-refractivity contribution < 1.29 is 14.1 Å². The predicted molar refractivity (Wildman–Crippen MR) is 80.0 cm³/mol. The highest BCUT2D eigenvalue weighted by Gasteiger charge is 2.20. The first-order chi connectivity index (χ1) is 10.6. The van der Waals surface area contributed by atoms with Crippen LogP contribution >= 0.6 is 0 Å². The van der Waals surface area contributed by atoms with Crippen LogP contribution in [0.3, 0.4) is 0 Å². The second kappa shape index (κ2) is 5.28. The van der Waals surface area contributed by atoms with Gasteiger partial charge in [0.05, 0.1) is 21.8 Å². The summed E-state index contributed by atoms with van der Waals surface area (Å²) in [6.45, 7) is 1.70. The molecule has 2 heterocycles. The molecule has 7 heteroatoms. The monoisotopic (exact) mass is 297 g/mol. The molecule has 2 aromatic rings. The zero-order valence-electron chi connectivity index (χ0n) is 11.6. The van der Waals surface area contributed by atoms with Crippen molar-refractivity contribution >= 4 is 23.4 Å². The van der Waals surface area contributed by atoms with Crippen LogP contribution in [0.4, 0.5) is 5.69 Å². The molecular formula is C15H11N3O4. The Bertz CT molecular complexity index is 833. The number of benzene rings is 1. The average Bonchev–Trinajstić information content (AvgIpc) is 3.09. The van der Waals surface area contributed by atoms with E-state index in [4.69, 9.17) is 4.42 Å². The fourth-order valence-corrected chi connectivity index (χ4v) is 2.15. The summed E-state index contributed by atoms with van der Waals surface area (Å²) < 4.78 is 5.60. The zero-order chi connectivity index (χ0) is 15.7. The van der Waals surface area contributed by atoms with Gasteiger partial charge in [-0.15, -0.1) is 0 Å². The third kappa shape index (κ3) is 2.39. The molecule has 0 unspecified atom stereocenters. The van der Waals surface area contributed by atoms with Gasteiger partial charge in [0.15, 0.2) is 0 Å². The maximum absolute atomic E-state index is 11.6. The second-order valence-electron chi connectivity index (χ2n) is 4.67. The lowest BCUT2D eigenvalue weighted by Crippen LogP contribution is -2.12. The van der Waals surface area contributed by atoms with Crippen molar-refractivity contribution in [1.82, 2.24) is 5.43 Å². The van der Waals surface area contributed by atoms with Gasteiger partial charge in [0.2, 0.25) is 0 Å². The number of nitrogens with one attached hydrogen (secondary N) is 1. The highest BCUT2D eigenvalue weighted by molar-refractivity contribution is 6.26. The van der Waals surface area contributed by atoms with Crippen LogP contribution in [0.5, 0.6) is 0 Å². The van der Waals surface area contributed by atoms with Gasteiger partial charge in [0.1, 0.15) is 11.5 Å². The number of amides is 1. The Labute approximate surface area is 125 Å². The SMILES string of the molecule is CC1=NNC(=O)/C1=C\c1ccc(-c2ccccc2[N+](=O)[O-])o1. The molecule has 1 amide bonds. The number of hydrogen-bond donors (Lipinski definition) is 1. The molecule has 0 spiro atoms. The quantitative estimate of drug-likeness (QED) is 0.535. The van der Waals surface area contributed by atoms with Crippen LogP contribution in [0.15, 0.2) is 51.5 Å². The lowest BCUT2D eigenvalue weighted by atomic mass is 10.1. The summed E-state index contributed by atoms with van der Waals surface area (Å²) in [5.74, 6) is 0.489. The third-order valence-electron chi connectivity index (χ3n) is 3.24. The van der Waals surface area contributed by atoms with Gasteiger partial charge in [-0.1, -0.05) is 12.1 Å². The first kappa shape index (κ1) is 13.7. The summed E-state index contributed by atoms with van der Waals surface area (Å²) >= 11 is 0. The minimum Gasteiger partial charge on any atom is -0.456 e. The summed E-state index contributed by atoms with van der Waals surface area (Å²) in [4.78, 5) is 22.2. The second-order valence-corrected chi connectivity index (χ2v) is 4.67. The number of nitro groups is 1. The van der Waals surface area contributed by atoms with Crippen molar-refractivity contribution in [3.05, 3.63) is 57.8 Å². The highest BCUT2D eigenvalue weighted by atomic mass is 16.6. The van der Waals surface area contributed by atoms with E-state index in [1.165, 1.54) is 6.07 Å². The van der Waals surface area contributed by atoms with Gasteiger partial charge < -0.3 is 4.42 Å². The van der Waals surface area contributed by atoms with Gasteiger partial charge in [-0.25, -0.2) is 5.43 Å². The molecule has 0 bridgehead atoms. The van der Waals surface area contributed by atoms with E-state index in [1.807, 2.05) is 0 Å². The maximum atomic E-state index is 11.6. The molecule has 1 aromatic carbocycles. The van der Waals surface area contributed by atoms with Gasteiger partial charge in [0, 0.05) is 6.07 Å². The maximum Gasteiger partial charge on any atom is 0.280 e. The molecular weight excluding hydrogens is 286 g/mol. The van der Waals surface area contributed by atoms with E-state index in [-0.39, 0.29) is 11.6 Å². The molecule has 0 fully saturated rings. The highest BCUT2D eigenvalue weighted by Crippen LogP contribution is 2.31. The van der Waals surface area contributed by atoms with Crippen LogP contribution in [0.25, 0.3) is 17.4 Å². The number of para-hydroxylation sites is 1. The summed E-state index contributed by atoms with van der Waals surface area (Å²) in [5, 5.41) is 14.9. The Morgan fingerprint density at radius 2 is 2.05 bits per heavy atom. The van der Waals surface area contributed by atoms with Crippen molar-refractivity contribution in [2.75, 3.05) is 0 Å². The molecule has 0 saturated heterocycles. The van der Waals surface area contributed by atoms with Crippen molar-refractivity contribution in [2.24, 2.45) is 5.10 Å². The minimum atomic E-state index is -0.461. The van der Waals surface area contributed by atoms with Crippen molar-refractivity contribution in [1.29, 1.82) is 0 Å². The van der Waals surface area contributed by atoms with Gasteiger partial charge in [0.25, 0.3) is 11.6 Å². The molecule has 1 aromatic heterocycles. The summed E-state index contributed by atoms with van der Waals surface area (Å²) in [5.41, 5.74) is 3.67. The summed E-state index contributed by atoms with van der Waals surface area (Å²) in [6, 6.07) is 9.60. The largest absolute Gasteiger partial charge is 0.456 e. The van der Waals surface area contributed by atoms with Crippen LogP contribution in [0, 0.1) is 10.1 Å². The molecule has 1 aliphatic heterocycles. The van der Waals surface area contributed by atoms with Crippen LogP contribution in [0.2, 0.25) is 0 Å². The summed E-state index contributed by atoms with van der Waals surface area (Å²) in [7, 11) is 0. The lowest BCUT2D eigenvalue weighted by molar-refractivity contribution is -0.384. The van der Waals surface area contributed by atoms with Crippen molar-refractivity contribution in [3.63, 3.8) is 0 Å². The molecule has 0 saturated carbocycles. The first-order valence-corrected chi connectivity index (χ1v) is 6.46. The standard InChI is InChI=1S/C15H11N3O4/c1-9-12(15(19)17-16-9)8-10-6-7-14(22-10)11-4-2-3-5-13(11)18(20)21/h2-8H,1H3,(H,17,19)/b12-8-. The average molecular weight is 297 g/mol. The Morgan fingerprint density at radius 1 is 1.27 bits per heavy atom. The fraction of sp³-hybridized carbons (Fsp3) is 0.0667. The Hall–Kier alpha value is -3.22. The first-order valence-electron chi connectivity index (χ1n) is 6.46. The molecule has 110 valence electrons. The third-order valence-corrected chi connectivity index (χ3v) is 3.24. The van der Waals surface area contributed by atoms with E-state index in [0.29, 0.717) is 28.4 Å². The molecule has 0 radical (unpaired) electrons. The Balaban J connectivity index is 1.99. The zero-order valence-corrected chi connectivity index (χ0v) is 11.6. The van der Waals surface area contributed by atoms with Gasteiger partial charge in [-0.3, -0.25) is 14.9 Å². The number of carbonyl (C=O) groups is 1. The number of nitrogens with zero attached hydrogens (tertiary/aromatic N) is 2. The molecule has 0 atom stereocenters. The van der Waals surface area contributed by atoms with E-state index < -0.39 is 4.92 Å². The molecule has 3 rings (SSSR count). The van der Waals surface area contributed by atoms with Crippen LogP contribution < -0.4 is 5.43 Å². The molecule has 1 N–H and O–H groups in total. The van der Waals surface area contributed by atoms with Gasteiger partial charge >= 0.3 is 0 Å². The fourth-order valence-electron chi connectivity index (χ4n) is 2.15. The number of furan rings is 1. The number of hydrazone groups is 1. The lowest BCUT2D eigenvalue weighted by Gasteiger charge is -1.99. The molecule has 1 aliphatic rings. The Morgan fingerprint density at radius 3 is 2.73 bits per heavy atom. The van der Waals surface area contributed by atoms with Crippen LogP contribution in [0.1, 0.15) is 12.7 Å². The normalized spacial score (nSPS) is 15.8. The molecule has 7 nitrogen and oxygen atoms in total. The smallest absolute Gasteiger partial charge is 0.280 e. The molecule has 22 heavy (non-hydrogen) atoms. The van der Waals surface area contributed by atoms with E-state index in [2.05, 4.69) is 10.5 Å². The van der Waals surface area contributed by atoms with E-state index in [9.17, 15) is 14.9 Å². The number of carbonyl (C=O) groups excluding carboxylic acids is 1. The molecule has 0 aliphatic carbocycles. The summed E-state index contributed by atoms with van der Waals surface area (Å²) in [6.07, 6.45) is 1.56.